The molecule has 0 fully saturated rings. The van der Waals surface area contributed by atoms with Crippen LogP contribution in [0, 0.1) is 0 Å². The van der Waals surface area contributed by atoms with Crippen LogP contribution in [0.4, 0.5) is 0 Å². The molecular weight excluding hydrogens is 326 g/mol. The molecule has 4 nitrogen and oxygen atoms in total. The van der Waals surface area contributed by atoms with Crippen molar-refractivity contribution < 1.29 is 14.3 Å². The topological polar surface area (TPSA) is 40.5 Å². The first-order valence-electron chi connectivity index (χ1n) is 8.82. The van der Waals surface area contributed by atoms with Crippen molar-refractivity contribution in [1.82, 2.24) is 4.57 Å². The molecule has 26 heavy (non-hydrogen) atoms. The van der Waals surface area contributed by atoms with Crippen LogP contribution in [0.1, 0.15) is 41.5 Å². The van der Waals surface area contributed by atoms with E-state index < -0.39 is 0 Å². The van der Waals surface area contributed by atoms with E-state index in [2.05, 4.69) is 23.6 Å². The first-order chi connectivity index (χ1) is 12.7. The molecule has 3 aromatic rings. The number of esters is 1. The summed E-state index contributed by atoms with van der Waals surface area (Å²) < 4.78 is 12.6. The van der Waals surface area contributed by atoms with Crippen LogP contribution in [0.25, 0.3) is 16.8 Å². The van der Waals surface area contributed by atoms with Crippen LogP contribution in [0.5, 0.6) is 5.75 Å². The van der Waals surface area contributed by atoms with Gasteiger partial charge in [0.25, 0.3) is 0 Å². The van der Waals surface area contributed by atoms with Crippen LogP contribution in [-0.2, 0) is 4.74 Å². The van der Waals surface area contributed by atoms with E-state index >= 15 is 0 Å². The van der Waals surface area contributed by atoms with Crippen molar-refractivity contribution in [3.8, 4) is 22.6 Å². The average Bonchev–Trinajstić information content (AvgIpc) is 3.20. The largest absolute Gasteiger partial charge is 0.497 e. The zero-order chi connectivity index (χ0) is 18.3. The Morgan fingerprint density at radius 1 is 1.12 bits per heavy atom. The third kappa shape index (κ3) is 2.41. The van der Waals surface area contributed by atoms with Gasteiger partial charge in [-0.05, 0) is 42.3 Å². The van der Waals surface area contributed by atoms with E-state index in [0.717, 1.165) is 28.3 Å². The van der Waals surface area contributed by atoms with Crippen molar-refractivity contribution in [2.45, 2.75) is 19.8 Å². The van der Waals surface area contributed by atoms with Gasteiger partial charge in [0.15, 0.2) is 0 Å². The Hall–Kier alpha value is -3.01. The average molecular weight is 347 g/mol. The summed E-state index contributed by atoms with van der Waals surface area (Å²) in [6.07, 6.45) is 0. The maximum Gasteiger partial charge on any atom is 0.355 e. The van der Waals surface area contributed by atoms with E-state index in [1.807, 2.05) is 49.4 Å². The van der Waals surface area contributed by atoms with Gasteiger partial charge >= 0.3 is 5.97 Å². The second kappa shape index (κ2) is 6.37. The van der Waals surface area contributed by atoms with Gasteiger partial charge in [0.2, 0.25) is 0 Å². The molecule has 0 amide bonds. The number of ether oxygens (including phenoxy) is 2. The van der Waals surface area contributed by atoms with Gasteiger partial charge in [-0.3, -0.25) is 0 Å². The zero-order valence-corrected chi connectivity index (χ0v) is 15.2. The highest BCUT2D eigenvalue weighted by Gasteiger charge is 2.33. The summed E-state index contributed by atoms with van der Waals surface area (Å²) in [6, 6.07) is 18.1. The molecule has 0 radical (unpaired) electrons. The molecule has 0 saturated carbocycles. The van der Waals surface area contributed by atoms with Crippen LogP contribution in [-0.4, -0.2) is 24.3 Å². The number of para-hydroxylation sites is 1. The van der Waals surface area contributed by atoms with Gasteiger partial charge in [-0.1, -0.05) is 37.3 Å². The Morgan fingerprint density at radius 2 is 1.85 bits per heavy atom. The predicted molar refractivity (Wildman–Crippen MR) is 101 cm³/mol. The van der Waals surface area contributed by atoms with Gasteiger partial charge in [0, 0.05) is 22.9 Å². The summed E-state index contributed by atoms with van der Waals surface area (Å²) in [5.74, 6) is 0.718. The monoisotopic (exact) mass is 347 g/mol. The maximum absolute atomic E-state index is 12.6. The first-order valence-corrected chi connectivity index (χ1v) is 8.82. The fourth-order valence-corrected chi connectivity index (χ4v) is 3.77. The summed E-state index contributed by atoms with van der Waals surface area (Å²) in [4.78, 5) is 12.6. The highest BCUT2D eigenvalue weighted by molar-refractivity contribution is 5.93. The van der Waals surface area contributed by atoms with Crippen molar-refractivity contribution in [3.63, 3.8) is 0 Å². The molecular formula is C22H21NO3. The molecule has 0 bridgehead atoms. The number of fused-ring (bicyclic) bond motifs is 3. The summed E-state index contributed by atoms with van der Waals surface area (Å²) >= 11 is 0. The number of carbonyl (C=O) groups is 1. The number of benzene rings is 2. The van der Waals surface area contributed by atoms with Crippen LogP contribution in [0.3, 0.4) is 0 Å². The summed E-state index contributed by atoms with van der Waals surface area (Å²) in [5, 5.41) is 0. The molecule has 1 aliphatic heterocycles. The summed E-state index contributed by atoms with van der Waals surface area (Å²) in [7, 11) is 1.66. The van der Waals surface area contributed by atoms with E-state index in [9.17, 15) is 4.79 Å². The normalized spacial score (nSPS) is 14.7. The molecule has 0 saturated heterocycles. The first kappa shape index (κ1) is 16.5. The molecule has 1 aromatic heterocycles. The predicted octanol–water partition coefficient (Wildman–Crippen LogP) is 4.79. The number of methoxy groups -OCH3 is 1. The number of hydrogen-bond donors (Lipinski definition) is 0. The Kier molecular flexibility index (Phi) is 4.03. The molecule has 1 atom stereocenters. The lowest BCUT2D eigenvalue weighted by atomic mass is 9.94. The molecule has 0 N–H and O–H groups in total. The second-order valence-corrected chi connectivity index (χ2v) is 6.39. The van der Waals surface area contributed by atoms with Gasteiger partial charge in [-0.2, -0.15) is 0 Å². The number of carbonyl (C=O) groups excluding carboxylic acids is 1. The highest BCUT2D eigenvalue weighted by atomic mass is 16.5. The number of nitrogens with zero attached hydrogens (tertiary/aromatic N) is 1. The lowest BCUT2D eigenvalue weighted by Crippen LogP contribution is -2.10. The quantitative estimate of drug-likeness (QED) is 0.637. The van der Waals surface area contributed by atoms with E-state index in [1.165, 1.54) is 5.56 Å². The third-order valence-electron chi connectivity index (χ3n) is 4.98. The Labute approximate surface area is 153 Å². The van der Waals surface area contributed by atoms with Gasteiger partial charge in [-0.25, -0.2) is 4.79 Å². The highest BCUT2D eigenvalue weighted by Crippen LogP contribution is 2.45. The summed E-state index contributed by atoms with van der Waals surface area (Å²) in [6.45, 7) is 4.36. The van der Waals surface area contributed by atoms with E-state index in [0.29, 0.717) is 12.3 Å². The van der Waals surface area contributed by atoms with Crippen molar-refractivity contribution in [2.75, 3.05) is 13.7 Å². The van der Waals surface area contributed by atoms with Gasteiger partial charge in [0.1, 0.15) is 11.4 Å². The smallest absolute Gasteiger partial charge is 0.355 e. The molecule has 0 aliphatic carbocycles. The fourth-order valence-electron chi connectivity index (χ4n) is 3.77. The minimum absolute atomic E-state index is 0.200. The SMILES string of the molecule is CCOC(=O)c1cc(-c2ccc(OC)cc2)c2n1-c1ccccc1C2C. The minimum atomic E-state index is -0.294. The number of aromatic nitrogens is 1. The maximum atomic E-state index is 12.6. The molecule has 4 heteroatoms. The second-order valence-electron chi connectivity index (χ2n) is 6.39. The van der Waals surface area contributed by atoms with Crippen LogP contribution < -0.4 is 4.74 Å². The Bertz CT molecular complexity index is 970. The number of hydrogen-bond acceptors (Lipinski definition) is 3. The van der Waals surface area contributed by atoms with E-state index in [4.69, 9.17) is 9.47 Å². The molecule has 0 spiro atoms. The molecule has 4 rings (SSSR count). The molecule has 1 unspecified atom stereocenters. The molecule has 2 heterocycles. The zero-order valence-electron chi connectivity index (χ0n) is 15.2. The van der Waals surface area contributed by atoms with Gasteiger partial charge in [-0.15, -0.1) is 0 Å². The minimum Gasteiger partial charge on any atom is -0.497 e. The molecule has 132 valence electrons. The van der Waals surface area contributed by atoms with Gasteiger partial charge in [0.05, 0.1) is 13.7 Å². The van der Waals surface area contributed by atoms with Crippen LogP contribution >= 0.6 is 0 Å². The number of rotatable bonds is 4. The van der Waals surface area contributed by atoms with Crippen LogP contribution in [0.2, 0.25) is 0 Å². The van der Waals surface area contributed by atoms with Crippen molar-refractivity contribution in [3.05, 3.63) is 71.5 Å². The summed E-state index contributed by atoms with van der Waals surface area (Å²) in [5.41, 5.74) is 6.09. The van der Waals surface area contributed by atoms with Crippen molar-refractivity contribution in [1.29, 1.82) is 0 Å². The third-order valence-corrected chi connectivity index (χ3v) is 4.98. The van der Waals surface area contributed by atoms with E-state index in [-0.39, 0.29) is 11.9 Å². The molecule has 2 aromatic carbocycles. The standard InChI is InChI=1S/C22H21NO3/c1-4-26-22(24)20-13-18(15-9-11-16(25-3)12-10-15)21-14(2)17-7-5-6-8-19(17)23(20)21/h5-14H,4H2,1-3H3. The lowest BCUT2D eigenvalue weighted by Gasteiger charge is -2.09. The van der Waals surface area contributed by atoms with Crippen molar-refractivity contribution >= 4 is 5.97 Å². The Balaban J connectivity index is 1.93. The van der Waals surface area contributed by atoms with Crippen molar-refractivity contribution in [2.24, 2.45) is 0 Å². The lowest BCUT2D eigenvalue weighted by molar-refractivity contribution is 0.0517. The van der Waals surface area contributed by atoms with E-state index in [1.54, 1.807) is 7.11 Å². The van der Waals surface area contributed by atoms with Crippen LogP contribution in [0.15, 0.2) is 54.6 Å². The Morgan fingerprint density at radius 3 is 2.54 bits per heavy atom. The van der Waals surface area contributed by atoms with Gasteiger partial charge < -0.3 is 14.0 Å². The molecule has 1 aliphatic rings. The fraction of sp³-hybridized carbons (Fsp3) is 0.227.